The van der Waals surface area contributed by atoms with E-state index < -0.39 is 42.9 Å². The first-order valence-electron chi connectivity index (χ1n) is 14.6. The second-order valence-electron chi connectivity index (χ2n) is 13.5. The summed E-state index contributed by atoms with van der Waals surface area (Å²) in [6.07, 6.45) is 3.41. The van der Waals surface area contributed by atoms with Crippen LogP contribution < -0.4 is 0 Å². The van der Waals surface area contributed by atoms with Gasteiger partial charge >= 0.3 is 5.97 Å². The molecule has 214 valence electrons. The van der Waals surface area contributed by atoms with Crippen molar-refractivity contribution in [2.75, 3.05) is 13.2 Å². The number of aliphatic hydroxyl groups excluding tert-OH is 4. The zero-order valence-electron chi connectivity index (χ0n) is 22.5. The lowest BCUT2D eigenvalue weighted by Crippen LogP contribution is -2.63. The molecule has 6 aliphatic rings. The molecule has 1 saturated heterocycles. The van der Waals surface area contributed by atoms with Gasteiger partial charge in [0.25, 0.3) is 0 Å². The molecule has 0 aromatic heterocycles. The monoisotopic (exact) mass is 536 g/mol. The lowest BCUT2D eigenvalue weighted by molar-refractivity contribution is -0.317. The SMILES string of the molecule is C[C@]12CC[C@H](O[C@@H]3O[C@H](CO)[C@@H](O)[C@@H](O)[C@H]3O)C[C@H]1CC[C@@H]1[C@@H]2CC[C@]2(C)[C@@H](C3=CC(=O)OC3)CC[C@]12O. The van der Waals surface area contributed by atoms with Gasteiger partial charge in [-0.1, -0.05) is 13.8 Å². The summed E-state index contributed by atoms with van der Waals surface area (Å²) in [7, 11) is 0. The van der Waals surface area contributed by atoms with E-state index in [4.69, 9.17) is 14.2 Å². The Morgan fingerprint density at radius 3 is 2.47 bits per heavy atom. The van der Waals surface area contributed by atoms with Crippen molar-refractivity contribution in [3.05, 3.63) is 11.6 Å². The van der Waals surface area contributed by atoms with Gasteiger partial charge in [0.2, 0.25) is 0 Å². The Morgan fingerprint density at radius 2 is 1.76 bits per heavy atom. The number of carbonyl (C=O) groups excluding carboxylic acids is 1. The number of cyclic esters (lactones) is 1. The molecule has 0 radical (unpaired) electrons. The number of ether oxygens (including phenoxy) is 3. The molecule has 0 spiro atoms. The fourth-order valence-corrected chi connectivity index (χ4v) is 9.86. The second-order valence-corrected chi connectivity index (χ2v) is 13.5. The maximum absolute atomic E-state index is 12.4. The smallest absolute Gasteiger partial charge is 0.331 e. The van der Waals surface area contributed by atoms with E-state index in [-0.39, 0.29) is 34.7 Å². The average Bonchev–Trinajstić information content (AvgIpc) is 3.44. The number of rotatable bonds is 4. The van der Waals surface area contributed by atoms with Crippen LogP contribution in [0.15, 0.2) is 11.6 Å². The van der Waals surface area contributed by atoms with E-state index in [1.54, 1.807) is 6.08 Å². The lowest BCUT2D eigenvalue weighted by Gasteiger charge is -2.64. The topological polar surface area (TPSA) is 146 Å². The van der Waals surface area contributed by atoms with Crippen LogP contribution in [0.4, 0.5) is 0 Å². The molecule has 5 fully saturated rings. The van der Waals surface area contributed by atoms with E-state index in [0.717, 1.165) is 63.4 Å². The summed E-state index contributed by atoms with van der Waals surface area (Å²) < 4.78 is 17.0. The molecular formula is C29H44O9. The third-order valence-electron chi connectivity index (χ3n) is 12.1. The molecule has 0 bridgehead atoms. The number of hydrogen-bond donors (Lipinski definition) is 5. The van der Waals surface area contributed by atoms with Crippen LogP contribution in [-0.4, -0.2) is 87.1 Å². The molecule has 9 nitrogen and oxygen atoms in total. The molecule has 0 aromatic rings. The summed E-state index contributed by atoms with van der Waals surface area (Å²) in [5, 5.41) is 52.6. The van der Waals surface area contributed by atoms with Crippen LogP contribution in [0, 0.1) is 34.5 Å². The Kier molecular flexibility index (Phi) is 6.78. The van der Waals surface area contributed by atoms with Crippen molar-refractivity contribution in [2.45, 2.75) is 114 Å². The van der Waals surface area contributed by atoms with Gasteiger partial charge in [-0.2, -0.15) is 0 Å². The molecule has 2 aliphatic heterocycles. The molecule has 9 heteroatoms. The molecule has 2 heterocycles. The highest BCUT2D eigenvalue weighted by Gasteiger charge is 2.67. The van der Waals surface area contributed by atoms with Crippen LogP contribution >= 0.6 is 0 Å². The number of fused-ring (bicyclic) bond motifs is 5. The molecule has 0 amide bonds. The fraction of sp³-hybridized carbons (Fsp3) is 0.897. The molecule has 13 atom stereocenters. The highest BCUT2D eigenvalue weighted by molar-refractivity contribution is 5.85. The molecule has 0 unspecified atom stereocenters. The number of carbonyl (C=O) groups is 1. The quantitative estimate of drug-likeness (QED) is 0.266. The Bertz CT molecular complexity index is 968. The number of hydrogen-bond acceptors (Lipinski definition) is 9. The van der Waals surface area contributed by atoms with Crippen LogP contribution in [0.3, 0.4) is 0 Å². The minimum Gasteiger partial charge on any atom is -0.458 e. The Balaban J connectivity index is 1.15. The first-order chi connectivity index (χ1) is 18.0. The van der Waals surface area contributed by atoms with Gasteiger partial charge in [-0.05, 0) is 92.4 Å². The Hall–Kier alpha value is -1.07. The van der Waals surface area contributed by atoms with Crippen LogP contribution in [0.25, 0.3) is 0 Å². The van der Waals surface area contributed by atoms with Gasteiger partial charge in [-0.15, -0.1) is 0 Å². The number of aliphatic hydroxyl groups is 5. The third-order valence-corrected chi connectivity index (χ3v) is 12.1. The highest BCUT2D eigenvalue weighted by atomic mass is 16.7. The van der Waals surface area contributed by atoms with Crippen molar-refractivity contribution in [2.24, 2.45) is 34.5 Å². The normalized spacial score (nSPS) is 54.5. The average molecular weight is 537 g/mol. The first kappa shape index (κ1) is 27.1. The van der Waals surface area contributed by atoms with Gasteiger partial charge in [-0.25, -0.2) is 4.79 Å². The van der Waals surface area contributed by atoms with E-state index in [1.165, 1.54) is 0 Å². The molecule has 5 N–H and O–H groups in total. The first-order valence-corrected chi connectivity index (χ1v) is 14.6. The van der Waals surface area contributed by atoms with Crippen molar-refractivity contribution < 1.29 is 44.5 Å². The van der Waals surface area contributed by atoms with Crippen LogP contribution in [0.1, 0.15) is 71.6 Å². The molecule has 4 saturated carbocycles. The van der Waals surface area contributed by atoms with Crippen molar-refractivity contribution in [3.63, 3.8) is 0 Å². The standard InChI is InChI=1S/C29H44O9/c1-27-8-5-17(37-26-25(34)24(33)23(32)21(13-30)38-26)12-16(27)3-4-20-19(27)6-9-28(2)18(7-10-29(20,28)35)15-11-22(31)36-14-15/h11,16-21,23-26,30,32-35H,3-10,12-14H2,1-2H3/t16-,17+,18-,19+,20-,21-,23-,24-,25-,26-,27+,28-,29+/m1/s1. The van der Waals surface area contributed by atoms with Gasteiger partial charge in [0.05, 0.1) is 18.3 Å². The van der Waals surface area contributed by atoms with E-state index >= 15 is 0 Å². The fourth-order valence-electron chi connectivity index (χ4n) is 9.86. The largest absolute Gasteiger partial charge is 0.458 e. The van der Waals surface area contributed by atoms with E-state index in [9.17, 15) is 30.3 Å². The zero-order valence-corrected chi connectivity index (χ0v) is 22.5. The summed E-state index contributed by atoms with van der Waals surface area (Å²) in [5.41, 5.74) is 0.141. The van der Waals surface area contributed by atoms with Crippen molar-refractivity contribution >= 4 is 5.97 Å². The van der Waals surface area contributed by atoms with Gasteiger partial charge in [0.1, 0.15) is 31.0 Å². The predicted molar refractivity (Wildman–Crippen MR) is 134 cm³/mol. The van der Waals surface area contributed by atoms with E-state index in [0.29, 0.717) is 18.4 Å². The summed E-state index contributed by atoms with van der Waals surface area (Å²) in [4.78, 5) is 11.8. The molecule has 0 aromatic carbocycles. The molecule has 38 heavy (non-hydrogen) atoms. The third kappa shape index (κ3) is 3.87. The van der Waals surface area contributed by atoms with Crippen LogP contribution in [0.5, 0.6) is 0 Å². The maximum atomic E-state index is 12.4. The predicted octanol–water partition coefficient (Wildman–Crippen LogP) is 1.43. The van der Waals surface area contributed by atoms with Gasteiger partial charge in [0, 0.05) is 11.5 Å². The highest BCUT2D eigenvalue weighted by Crippen LogP contribution is 2.70. The minimum atomic E-state index is -1.44. The summed E-state index contributed by atoms with van der Waals surface area (Å²) in [5.74, 6) is 0.994. The Morgan fingerprint density at radius 1 is 0.974 bits per heavy atom. The lowest BCUT2D eigenvalue weighted by atomic mass is 9.43. The van der Waals surface area contributed by atoms with Crippen LogP contribution in [0.2, 0.25) is 0 Å². The summed E-state index contributed by atoms with van der Waals surface area (Å²) in [6.45, 7) is 4.52. The van der Waals surface area contributed by atoms with Crippen LogP contribution in [-0.2, 0) is 19.0 Å². The van der Waals surface area contributed by atoms with Gasteiger partial charge in [-0.3, -0.25) is 0 Å². The second kappa shape index (κ2) is 9.50. The molecular weight excluding hydrogens is 492 g/mol. The van der Waals surface area contributed by atoms with Gasteiger partial charge in [0.15, 0.2) is 6.29 Å². The summed E-state index contributed by atoms with van der Waals surface area (Å²) in [6, 6.07) is 0. The van der Waals surface area contributed by atoms with Crippen molar-refractivity contribution in [3.8, 4) is 0 Å². The van der Waals surface area contributed by atoms with E-state index in [2.05, 4.69) is 13.8 Å². The molecule has 6 rings (SSSR count). The molecule has 4 aliphatic carbocycles. The van der Waals surface area contributed by atoms with Crippen molar-refractivity contribution in [1.29, 1.82) is 0 Å². The maximum Gasteiger partial charge on any atom is 0.331 e. The van der Waals surface area contributed by atoms with Crippen molar-refractivity contribution in [1.82, 2.24) is 0 Å². The Labute approximate surface area is 224 Å². The zero-order chi connectivity index (χ0) is 27.0. The minimum absolute atomic E-state index is 0.0823. The summed E-state index contributed by atoms with van der Waals surface area (Å²) >= 11 is 0. The van der Waals surface area contributed by atoms with E-state index in [1.807, 2.05) is 0 Å². The van der Waals surface area contributed by atoms with Gasteiger partial charge < -0.3 is 39.7 Å². The number of esters is 1.